The van der Waals surface area contributed by atoms with Crippen molar-refractivity contribution < 1.29 is 23.4 Å². The fourth-order valence-corrected chi connectivity index (χ4v) is 7.29. The summed E-state index contributed by atoms with van der Waals surface area (Å²) in [6, 6.07) is 1.83. The molecule has 9 nitrogen and oxygen atoms in total. The Balaban J connectivity index is 2.07. The summed E-state index contributed by atoms with van der Waals surface area (Å²) >= 11 is 0. The summed E-state index contributed by atoms with van der Waals surface area (Å²) in [4.78, 5) is 18.8. The topological polar surface area (TPSA) is 80.0 Å². The van der Waals surface area contributed by atoms with Gasteiger partial charge in [-0.15, -0.1) is 0 Å². The second-order valence-corrected chi connectivity index (χ2v) is 10.7. The average Bonchev–Trinajstić information content (AvgIpc) is 3.18. The van der Waals surface area contributed by atoms with Gasteiger partial charge in [0.05, 0.1) is 72.2 Å². The van der Waals surface area contributed by atoms with Gasteiger partial charge in [0, 0.05) is 20.2 Å². The lowest BCUT2D eigenvalue weighted by Gasteiger charge is -2.42. The fraction of sp³-hybridized carbons (Fsp3) is 0.684. The number of hydrogen-bond donors (Lipinski definition) is 0. The first-order valence-electron chi connectivity index (χ1n) is 10.0. The van der Waals surface area contributed by atoms with Crippen molar-refractivity contribution in [1.82, 2.24) is 14.2 Å². The summed E-state index contributed by atoms with van der Waals surface area (Å²) in [5, 5.41) is 0.961. The molecule has 2 saturated heterocycles. The van der Waals surface area contributed by atoms with Gasteiger partial charge in [-0.3, -0.25) is 0 Å². The third-order valence-corrected chi connectivity index (χ3v) is 9.35. The summed E-state index contributed by atoms with van der Waals surface area (Å²) in [6.07, 6.45) is 1.69. The summed E-state index contributed by atoms with van der Waals surface area (Å²) in [5.74, 6) is 0.201. The molecule has 162 valence electrons. The quantitative estimate of drug-likeness (QED) is 0.280. The van der Waals surface area contributed by atoms with E-state index in [-0.39, 0.29) is 5.76 Å². The zero-order valence-electron chi connectivity index (χ0n) is 17.8. The van der Waals surface area contributed by atoms with Crippen LogP contribution in [-0.4, -0.2) is 107 Å². The minimum atomic E-state index is -2.04. The van der Waals surface area contributed by atoms with Crippen LogP contribution in [-0.2, 0) is 14.2 Å². The zero-order chi connectivity index (χ0) is 20.9. The van der Waals surface area contributed by atoms with E-state index >= 15 is 0 Å². The molecule has 3 heterocycles. The van der Waals surface area contributed by atoms with Crippen LogP contribution >= 0.6 is 7.56 Å². The molecule has 0 spiro atoms. The lowest BCUT2D eigenvalue weighted by Crippen LogP contribution is -2.49. The van der Waals surface area contributed by atoms with Crippen molar-refractivity contribution in [2.45, 2.75) is 6.92 Å². The van der Waals surface area contributed by atoms with Gasteiger partial charge in [0.15, 0.2) is 12.9 Å². The minimum Gasteiger partial charge on any atom is -0.460 e. The Labute approximate surface area is 173 Å². The number of rotatable bonds is 7. The van der Waals surface area contributed by atoms with E-state index in [1.807, 2.05) is 25.1 Å². The van der Waals surface area contributed by atoms with E-state index in [4.69, 9.17) is 18.6 Å². The molecule has 2 fully saturated rings. The summed E-state index contributed by atoms with van der Waals surface area (Å²) in [6.45, 7) is 10.5. The van der Waals surface area contributed by atoms with Crippen LogP contribution in [0, 0.1) is 0 Å². The molecule has 0 bridgehead atoms. The van der Waals surface area contributed by atoms with Crippen LogP contribution in [0.2, 0.25) is 0 Å². The second kappa shape index (κ2) is 10.00. The smallest absolute Gasteiger partial charge is 0.374 e. The Morgan fingerprint density at radius 1 is 1.17 bits per heavy atom. The van der Waals surface area contributed by atoms with Crippen molar-refractivity contribution in [2.75, 3.05) is 80.0 Å². The highest BCUT2D eigenvalue weighted by Gasteiger charge is 2.52. The van der Waals surface area contributed by atoms with Crippen LogP contribution in [0.15, 0.2) is 15.5 Å². The van der Waals surface area contributed by atoms with Gasteiger partial charge in [-0.2, -0.15) is 9.34 Å². The number of morpholine rings is 2. The van der Waals surface area contributed by atoms with Crippen molar-refractivity contribution in [3.8, 4) is 0 Å². The van der Waals surface area contributed by atoms with E-state index in [2.05, 4.69) is 21.0 Å². The lowest BCUT2D eigenvalue weighted by molar-refractivity contribution is 0.0491. The Hall–Kier alpha value is -1.51. The van der Waals surface area contributed by atoms with Crippen molar-refractivity contribution in [3.63, 3.8) is 0 Å². The number of nitrogens with zero attached hydrogens (tertiary/aromatic N) is 4. The summed E-state index contributed by atoms with van der Waals surface area (Å²) in [7, 11) is 1.76. The first-order valence-corrected chi connectivity index (χ1v) is 12.2. The molecular weight excluding hydrogens is 395 g/mol. The molecule has 2 aliphatic rings. The Kier molecular flexibility index (Phi) is 7.65. The average molecular weight is 427 g/mol. The monoisotopic (exact) mass is 427 g/mol. The van der Waals surface area contributed by atoms with E-state index < -0.39 is 13.5 Å². The highest BCUT2D eigenvalue weighted by atomic mass is 31.2. The lowest BCUT2D eigenvalue weighted by atomic mass is 10.4. The maximum Gasteiger partial charge on any atom is 0.374 e. The largest absolute Gasteiger partial charge is 0.460 e. The summed E-state index contributed by atoms with van der Waals surface area (Å²) < 4.78 is 27.3. The molecule has 1 aromatic heterocycles. The Bertz CT molecular complexity index is 693. The molecule has 29 heavy (non-hydrogen) atoms. The molecule has 0 atom stereocenters. The maximum absolute atomic E-state index is 12.4. The van der Waals surface area contributed by atoms with E-state index in [9.17, 15) is 4.79 Å². The number of aliphatic imine (C=N–C) groups is 1. The Morgan fingerprint density at radius 2 is 1.72 bits per heavy atom. The predicted molar refractivity (Wildman–Crippen MR) is 114 cm³/mol. The molecule has 3 rings (SSSR count). The normalized spacial score (nSPS) is 19.6. The van der Waals surface area contributed by atoms with Crippen molar-refractivity contribution in [1.29, 1.82) is 0 Å². The van der Waals surface area contributed by atoms with Crippen LogP contribution in [0.25, 0.3) is 0 Å². The molecule has 0 aromatic carbocycles. The van der Waals surface area contributed by atoms with E-state index in [1.165, 1.54) is 0 Å². The molecule has 0 aliphatic carbocycles. The second-order valence-electron chi connectivity index (χ2n) is 7.27. The van der Waals surface area contributed by atoms with Crippen LogP contribution in [0.1, 0.15) is 17.5 Å². The third kappa shape index (κ3) is 4.98. The van der Waals surface area contributed by atoms with Gasteiger partial charge in [0.2, 0.25) is 5.76 Å². The molecular formula is C19H32N4O5P+. The van der Waals surface area contributed by atoms with Gasteiger partial charge in [-0.25, -0.2) is 9.79 Å². The number of carbonyl (C=O) groups is 1. The van der Waals surface area contributed by atoms with Gasteiger partial charge < -0.3 is 23.5 Å². The number of ether oxygens (including phenoxy) is 3. The van der Waals surface area contributed by atoms with Crippen LogP contribution in [0.5, 0.6) is 0 Å². The van der Waals surface area contributed by atoms with Crippen LogP contribution < -0.4 is 5.30 Å². The van der Waals surface area contributed by atoms with E-state index in [0.29, 0.717) is 38.9 Å². The van der Waals surface area contributed by atoms with Crippen LogP contribution in [0.4, 0.5) is 5.88 Å². The van der Waals surface area contributed by atoms with Crippen molar-refractivity contribution >= 4 is 31.1 Å². The van der Waals surface area contributed by atoms with Gasteiger partial charge in [0.1, 0.15) is 0 Å². The first-order chi connectivity index (χ1) is 14.0. The highest BCUT2D eigenvalue weighted by Crippen LogP contribution is 2.62. The van der Waals surface area contributed by atoms with Crippen molar-refractivity contribution in [2.24, 2.45) is 4.99 Å². The van der Waals surface area contributed by atoms with Gasteiger partial charge in [-0.1, -0.05) is 0 Å². The van der Waals surface area contributed by atoms with Crippen LogP contribution in [0.3, 0.4) is 0 Å². The highest BCUT2D eigenvalue weighted by molar-refractivity contribution is 7.78. The minimum absolute atomic E-state index is 0.195. The molecule has 0 amide bonds. The fourth-order valence-electron chi connectivity index (χ4n) is 3.61. The van der Waals surface area contributed by atoms with E-state index in [1.54, 1.807) is 13.3 Å². The SMILES string of the molecule is CCOC(=O)c1cc([P+](C)(N2CCOCC2)N2CCOCC2)c(/N=C/N(C)C)o1. The first kappa shape index (κ1) is 22.2. The Morgan fingerprint density at radius 3 is 2.21 bits per heavy atom. The van der Waals surface area contributed by atoms with Crippen molar-refractivity contribution in [3.05, 3.63) is 11.8 Å². The molecule has 1 aromatic rings. The number of carbonyl (C=O) groups excluding carboxylic acids is 1. The molecule has 2 aliphatic heterocycles. The standard InChI is InChI=1S/C19H32N4O5P/c1-5-27-19(24)16-14-17(18(28-16)20-15-21(2)3)29(4,22-6-10-25-11-7-22)23-8-12-26-13-9-23/h14-15H,5-13H2,1-4H3/q+1/b20-15+. The molecule has 0 saturated carbocycles. The molecule has 10 heteroatoms. The number of furan rings is 1. The zero-order valence-corrected chi connectivity index (χ0v) is 18.7. The van der Waals surface area contributed by atoms with Gasteiger partial charge >= 0.3 is 5.97 Å². The summed E-state index contributed by atoms with van der Waals surface area (Å²) in [5.41, 5.74) is 0. The molecule has 0 radical (unpaired) electrons. The predicted octanol–water partition coefficient (Wildman–Crippen LogP) is 1.44. The molecule has 0 N–H and O–H groups in total. The number of esters is 1. The maximum atomic E-state index is 12.4. The molecule has 0 unspecified atom stereocenters. The van der Waals surface area contributed by atoms with E-state index in [0.717, 1.165) is 31.5 Å². The number of hydrogen-bond acceptors (Lipinski definition) is 8. The van der Waals surface area contributed by atoms with Gasteiger partial charge in [-0.05, 0) is 6.92 Å². The van der Waals surface area contributed by atoms with Gasteiger partial charge in [0.25, 0.3) is 5.88 Å². The third-order valence-electron chi connectivity index (χ3n) is 5.11.